The number of carboxylic acids is 1. The first-order chi connectivity index (χ1) is 8.58. The second-order valence-corrected chi connectivity index (χ2v) is 4.40. The Morgan fingerprint density at radius 2 is 2.00 bits per heavy atom. The van der Waals surface area contributed by atoms with E-state index in [1.54, 1.807) is 0 Å². The van der Waals surface area contributed by atoms with E-state index in [1.165, 1.54) is 24.4 Å². The van der Waals surface area contributed by atoms with E-state index in [4.69, 9.17) is 5.11 Å². The van der Waals surface area contributed by atoms with Crippen LogP contribution in [0, 0.1) is 11.6 Å². The summed E-state index contributed by atoms with van der Waals surface area (Å²) in [5, 5.41) is 9.19. The summed E-state index contributed by atoms with van der Waals surface area (Å²) in [6, 6.07) is 6.25. The zero-order valence-corrected chi connectivity index (χ0v) is 9.75. The van der Waals surface area contributed by atoms with E-state index >= 15 is 0 Å². The summed E-state index contributed by atoms with van der Waals surface area (Å²) >= 11 is 0.967. The highest BCUT2D eigenvalue weighted by Gasteiger charge is 2.12. The minimum Gasteiger partial charge on any atom is -0.478 e. The molecule has 1 aromatic carbocycles. The average Bonchev–Trinajstić information content (AvgIpc) is 2.34. The largest absolute Gasteiger partial charge is 0.478 e. The average molecular weight is 267 g/mol. The van der Waals surface area contributed by atoms with Crippen molar-refractivity contribution in [2.24, 2.45) is 0 Å². The number of carbonyl (C=O) groups is 1. The number of rotatable bonds is 3. The van der Waals surface area contributed by atoms with Crippen LogP contribution in [0.15, 0.2) is 46.5 Å². The molecule has 0 radical (unpaired) electrons. The van der Waals surface area contributed by atoms with Crippen LogP contribution in [-0.2, 0) is 0 Å². The third kappa shape index (κ3) is 2.65. The zero-order valence-electron chi connectivity index (χ0n) is 8.93. The summed E-state index contributed by atoms with van der Waals surface area (Å²) in [5.41, 5.74) is 0.0206. The van der Waals surface area contributed by atoms with E-state index in [2.05, 4.69) is 4.98 Å². The maximum Gasteiger partial charge on any atom is 0.338 e. The van der Waals surface area contributed by atoms with Crippen molar-refractivity contribution in [2.45, 2.75) is 9.92 Å². The number of pyridine rings is 1. The molecule has 0 unspecified atom stereocenters. The van der Waals surface area contributed by atoms with Crippen LogP contribution < -0.4 is 0 Å². The van der Waals surface area contributed by atoms with Gasteiger partial charge in [-0.1, -0.05) is 11.8 Å². The molecule has 0 amide bonds. The lowest BCUT2D eigenvalue weighted by Gasteiger charge is -2.04. The summed E-state index contributed by atoms with van der Waals surface area (Å²) < 4.78 is 25.8. The molecule has 92 valence electrons. The van der Waals surface area contributed by atoms with Crippen LogP contribution in [0.2, 0.25) is 0 Å². The quantitative estimate of drug-likeness (QED) is 0.927. The summed E-state index contributed by atoms with van der Waals surface area (Å²) in [4.78, 5) is 15.2. The number of carboxylic acid groups (broad SMARTS) is 1. The van der Waals surface area contributed by atoms with Crippen molar-refractivity contribution in [3.63, 3.8) is 0 Å². The van der Waals surface area contributed by atoms with Crippen LogP contribution in [0.4, 0.5) is 8.78 Å². The SMILES string of the molecule is O=C(O)c1cccnc1Sc1ccc(F)c(F)c1. The van der Waals surface area contributed by atoms with Crippen LogP contribution >= 0.6 is 11.8 Å². The standard InChI is InChI=1S/C12H7F2NO2S/c13-9-4-3-7(6-10(9)14)18-11-8(12(16)17)2-1-5-15-11/h1-6H,(H,16,17). The van der Waals surface area contributed by atoms with Gasteiger partial charge in [-0.2, -0.15) is 0 Å². The third-order valence-corrected chi connectivity index (χ3v) is 3.12. The molecule has 2 aromatic rings. The van der Waals surface area contributed by atoms with Gasteiger partial charge in [0.15, 0.2) is 11.6 Å². The summed E-state index contributed by atoms with van der Waals surface area (Å²) in [5.74, 6) is -3.04. The number of benzene rings is 1. The molecule has 18 heavy (non-hydrogen) atoms. The van der Waals surface area contributed by atoms with Crippen LogP contribution in [0.5, 0.6) is 0 Å². The molecular weight excluding hydrogens is 260 g/mol. The van der Waals surface area contributed by atoms with Gasteiger partial charge < -0.3 is 5.11 Å². The number of halogens is 2. The molecule has 1 aromatic heterocycles. The maximum atomic E-state index is 13.0. The smallest absolute Gasteiger partial charge is 0.338 e. The van der Waals surface area contributed by atoms with Crippen molar-refractivity contribution in [3.05, 3.63) is 53.7 Å². The molecular formula is C12H7F2NO2S. The van der Waals surface area contributed by atoms with Gasteiger partial charge in [-0.05, 0) is 30.3 Å². The topological polar surface area (TPSA) is 50.2 Å². The van der Waals surface area contributed by atoms with Gasteiger partial charge in [0.25, 0.3) is 0 Å². The van der Waals surface area contributed by atoms with Crippen LogP contribution in [0.25, 0.3) is 0 Å². The normalized spacial score (nSPS) is 10.3. The minimum absolute atomic E-state index is 0.0206. The van der Waals surface area contributed by atoms with Crippen LogP contribution in [-0.4, -0.2) is 16.1 Å². The van der Waals surface area contributed by atoms with E-state index in [0.717, 1.165) is 23.9 Å². The fourth-order valence-corrected chi connectivity index (χ4v) is 2.19. The molecule has 0 saturated heterocycles. The Morgan fingerprint density at radius 1 is 1.22 bits per heavy atom. The van der Waals surface area contributed by atoms with Gasteiger partial charge >= 0.3 is 5.97 Å². The number of hydrogen-bond acceptors (Lipinski definition) is 3. The molecule has 3 nitrogen and oxygen atoms in total. The number of hydrogen-bond donors (Lipinski definition) is 1. The highest BCUT2D eigenvalue weighted by Crippen LogP contribution is 2.29. The Morgan fingerprint density at radius 3 is 2.67 bits per heavy atom. The summed E-state index contributed by atoms with van der Waals surface area (Å²) in [6.45, 7) is 0. The molecule has 0 bridgehead atoms. The Labute approximate surface area is 105 Å². The zero-order chi connectivity index (χ0) is 13.1. The minimum atomic E-state index is -1.12. The lowest BCUT2D eigenvalue weighted by Crippen LogP contribution is -2.00. The van der Waals surface area contributed by atoms with Gasteiger partial charge in [-0.3, -0.25) is 0 Å². The molecule has 6 heteroatoms. The number of aromatic nitrogens is 1. The monoisotopic (exact) mass is 267 g/mol. The van der Waals surface area contributed by atoms with Crippen molar-refractivity contribution in [3.8, 4) is 0 Å². The summed E-state index contributed by atoms with van der Waals surface area (Å²) in [7, 11) is 0. The first-order valence-electron chi connectivity index (χ1n) is 4.89. The van der Waals surface area contributed by atoms with Gasteiger partial charge in [-0.15, -0.1) is 0 Å². The molecule has 1 heterocycles. The first-order valence-corrected chi connectivity index (χ1v) is 5.71. The Kier molecular flexibility index (Phi) is 3.57. The maximum absolute atomic E-state index is 13.0. The second-order valence-electron chi connectivity index (χ2n) is 3.34. The van der Waals surface area contributed by atoms with E-state index in [1.807, 2.05) is 0 Å². The van der Waals surface area contributed by atoms with Gasteiger partial charge in [0.05, 0.1) is 5.56 Å². The Hall–Kier alpha value is -1.95. The van der Waals surface area contributed by atoms with Crippen molar-refractivity contribution in [1.82, 2.24) is 4.98 Å². The lowest BCUT2D eigenvalue weighted by molar-refractivity contribution is 0.0692. The van der Waals surface area contributed by atoms with Gasteiger partial charge in [0.1, 0.15) is 5.03 Å². The highest BCUT2D eigenvalue weighted by atomic mass is 32.2. The first kappa shape index (κ1) is 12.5. The fourth-order valence-electron chi connectivity index (χ4n) is 1.29. The fraction of sp³-hybridized carbons (Fsp3) is 0. The molecule has 0 saturated carbocycles. The van der Waals surface area contributed by atoms with Crippen molar-refractivity contribution >= 4 is 17.7 Å². The van der Waals surface area contributed by atoms with Crippen molar-refractivity contribution in [2.75, 3.05) is 0 Å². The van der Waals surface area contributed by atoms with E-state index in [0.29, 0.717) is 4.90 Å². The highest BCUT2D eigenvalue weighted by molar-refractivity contribution is 7.99. The third-order valence-electron chi connectivity index (χ3n) is 2.11. The van der Waals surface area contributed by atoms with E-state index in [-0.39, 0.29) is 10.6 Å². The predicted octanol–water partition coefficient (Wildman–Crippen LogP) is 3.21. The van der Waals surface area contributed by atoms with Crippen LogP contribution in [0.1, 0.15) is 10.4 Å². The molecule has 0 fully saturated rings. The van der Waals surface area contributed by atoms with Gasteiger partial charge in [0, 0.05) is 11.1 Å². The van der Waals surface area contributed by atoms with Gasteiger partial charge in [0.2, 0.25) is 0 Å². The second kappa shape index (κ2) is 5.14. The Bertz CT molecular complexity index is 604. The van der Waals surface area contributed by atoms with E-state index < -0.39 is 17.6 Å². The van der Waals surface area contributed by atoms with E-state index in [9.17, 15) is 13.6 Å². The predicted molar refractivity (Wildman–Crippen MR) is 61.7 cm³/mol. The van der Waals surface area contributed by atoms with Gasteiger partial charge in [-0.25, -0.2) is 18.6 Å². The molecule has 0 aliphatic rings. The molecule has 2 rings (SSSR count). The Balaban J connectivity index is 2.34. The van der Waals surface area contributed by atoms with Crippen LogP contribution in [0.3, 0.4) is 0 Å². The molecule has 0 spiro atoms. The summed E-state index contributed by atoms with van der Waals surface area (Å²) in [6.07, 6.45) is 1.44. The molecule has 0 aliphatic heterocycles. The molecule has 0 aliphatic carbocycles. The van der Waals surface area contributed by atoms with Crippen molar-refractivity contribution < 1.29 is 18.7 Å². The number of nitrogens with zero attached hydrogens (tertiary/aromatic N) is 1. The molecule has 0 atom stereocenters. The number of aromatic carboxylic acids is 1. The molecule has 1 N–H and O–H groups in total. The van der Waals surface area contributed by atoms with Crippen molar-refractivity contribution in [1.29, 1.82) is 0 Å². The lowest BCUT2D eigenvalue weighted by atomic mass is 10.3.